The number of halogens is 3. The summed E-state index contributed by atoms with van der Waals surface area (Å²) >= 11 is 0. The summed E-state index contributed by atoms with van der Waals surface area (Å²) in [5.41, 5.74) is 1.69. The van der Waals surface area contributed by atoms with Crippen molar-refractivity contribution in [2.24, 2.45) is 0 Å². The molecule has 1 atom stereocenters. The molecule has 0 bridgehead atoms. The number of cyclic esters (lactones) is 2. The molecule has 0 spiro atoms. The van der Waals surface area contributed by atoms with Crippen molar-refractivity contribution in [3.05, 3.63) is 48.2 Å². The van der Waals surface area contributed by atoms with Gasteiger partial charge >= 0.3 is 12.3 Å². The van der Waals surface area contributed by atoms with Crippen molar-refractivity contribution in [2.75, 3.05) is 50.5 Å². The average molecular weight is 692 g/mol. The topological polar surface area (TPSA) is 140 Å². The van der Waals surface area contributed by atoms with Crippen molar-refractivity contribution in [1.82, 2.24) is 14.2 Å². The average Bonchev–Trinajstić information content (AvgIpc) is 3.61. The molecule has 0 radical (unpaired) electrons. The number of nitrogens with one attached hydrogen (secondary N) is 3. The summed E-state index contributed by atoms with van der Waals surface area (Å²) in [6, 6.07) is 10.9. The third kappa shape index (κ3) is 8.64. The quantitative estimate of drug-likeness (QED) is 0.197. The van der Waals surface area contributed by atoms with Crippen LogP contribution in [0.25, 0.3) is 10.9 Å². The molecule has 2 aliphatic heterocycles. The number of aromatic nitrogens is 1. The van der Waals surface area contributed by atoms with E-state index < -0.39 is 34.8 Å². The Labute approximate surface area is 275 Å². The van der Waals surface area contributed by atoms with Gasteiger partial charge in [0.1, 0.15) is 18.9 Å². The fourth-order valence-electron chi connectivity index (χ4n) is 5.63. The fraction of sp³-hybridized carbons (Fsp3) is 0.438. The lowest BCUT2D eigenvalue weighted by molar-refractivity contribution is -0.140. The number of amides is 1. The van der Waals surface area contributed by atoms with E-state index >= 15 is 0 Å². The van der Waals surface area contributed by atoms with Gasteiger partial charge in [-0.15, -0.1) is 0 Å². The molecule has 3 N–H and O–H groups in total. The molecule has 0 aliphatic carbocycles. The minimum atomic E-state index is -4.48. The molecule has 258 valence electrons. The standard InChI is InChI=1S/C32H36F3N5O7S/c1-3-30(41)38-48(43,44)24-9-10-27(29(17-24)45-2)36-13-5-6-22-16-25-26(7-4-8-28(25)40(22)20-32(33,34)35)37-21-11-14-39(15-12-21)18-23-19-46-31(42)47-23/h4,7-10,16-17,21,23,36-37H,3,11-15,18-20H2,1-2H3,(H,38,41). The Morgan fingerprint density at radius 2 is 1.90 bits per heavy atom. The molecular weight excluding hydrogens is 655 g/mol. The number of fused-ring (bicyclic) bond motifs is 1. The molecule has 3 heterocycles. The van der Waals surface area contributed by atoms with E-state index in [0.29, 0.717) is 28.8 Å². The van der Waals surface area contributed by atoms with Gasteiger partial charge in [-0.2, -0.15) is 13.2 Å². The molecule has 5 rings (SSSR count). The van der Waals surface area contributed by atoms with Crippen LogP contribution in [0.5, 0.6) is 5.75 Å². The van der Waals surface area contributed by atoms with Crippen LogP contribution in [-0.2, 0) is 30.8 Å². The first-order valence-corrected chi connectivity index (χ1v) is 16.8. The second kappa shape index (κ2) is 14.7. The smallest absolute Gasteiger partial charge is 0.495 e. The Morgan fingerprint density at radius 3 is 2.56 bits per heavy atom. The number of methoxy groups -OCH3 is 1. The summed E-state index contributed by atoms with van der Waals surface area (Å²) in [6.07, 6.45) is -3.84. The normalized spacial score (nSPS) is 17.3. The van der Waals surface area contributed by atoms with Crippen molar-refractivity contribution in [2.45, 2.75) is 55.9 Å². The van der Waals surface area contributed by atoms with E-state index in [1.807, 2.05) is 10.8 Å². The van der Waals surface area contributed by atoms with E-state index in [0.717, 1.165) is 30.5 Å². The maximum atomic E-state index is 13.7. The number of likely N-dealkylation sites (tertiary alicyclic amines) is 1. The zero-order valence-electron chi connectivity index (χ0n) is 26.4. The van der Waals surface area contributed by atoms with E-state index in [2.05, 4.69) is 27.4 Å². The first-order valence-electron chi connectivity index (χ1n) is 15.3. The molecule has 3 aromatic rings. The Balaban J connectivity index is 1.29. The Bertz CT molecular complexity index is 1830. The largest absolute Gasteiger partial charge is 0.508 e. The van der Waals surface area contributed by atoms with Crippen molar-refractivity contribution >= 4 is 44.4 Å². The summed E-state index contributed by atoms with van der Waals surface area (Å²) in [5, 5.41) is 7.12. The van der Waals surface area contributed by atoms with Gasteiger partial charge in [0.05, 0.1) is 35.4 Å². The lowest BCUT2D eigenvalue weighted by atomic mass is 10.0. The number of piperidine rings is 1. The van der Waals surface area contributed by atoms with Crippen molar-refractivity contribution < 1.29 is 45.4 Å². The van der Waals surface area contributed by atoms with Crippen LogP contribution in [0.4, 0.5) is 29.3 Å². The second-order valence-corrected chi connectivity index (χ2v) is 13.1. The van der Waals surface area contributed by atoms with Crippen LogP contribution in [0.15, 0.2) is 47.4 Å². The number of hydrogen-bond acceptors (Lipinski definition) is 10. The van der Waals surface area contributed by atoms with Gasteiger partial charge in [0.25, 0.3) is 10.0 Å². The molecule has 1 unspecified atom stereocenters. The summed E-state index contributed by atoms with van der Waals surface area (Å²) in [7, 11) is -2.74. The number of nitrogens with zero attached hydrogens (tertiary/aromatic N) is 2. The summed E-state index contributed by atoms with van der Waals surface area (Å²) in [6.45, 7) is 2.68. The van der Waals surface area contributed by atoms with Gasteiger partial charge < -0.3 is 29.4 Å². The number of carbonyl (C=O) groups excluding carboxylic acids is 2. The molecule has 2 saturated heterocycles. The van der Waals surface area contributed by atoms with Crippen LogP contribution in [0, 0.1) is 11.8 Å². The van der Waals surface area contributed by atoms with Gasteiger partial charge in [-0.3, -0.25) is 9.69 Å². The predicted molar refractivity (Wildman–Crippen MR) is 171 cm³/mol. The van der Waals surface area contributed by atoms with Gasteiger partial charge in [0, 0.05) is 49.2 Å². The molecule has 2 aromatic carbocycles. The van der Waals surface area contributed by atoms with E-state index in [1.165, 1.54) is 32.2 Å². The molecule has 1 aromatic heterocycles. The second-order valence-electron chi connectivity index (χ2n) is 11.4. The monoisotopic (exact) mass is 691 g/mol. The van der Waals surface area contributed by atoms with Crippen LogP contribution < -0.4 is 20.1 Å². The van der Waals surface area contributed by atoms with Crippen LogP contribution in [0.1, 0.15) is 31.9 Å². The summed E-state index contributed by atoms with van der Waals surface area (Å²) in [4.78, 5) is 24.8. The fourth-order valence-corrected chi connectivity index (χ4v) is 6.70. The molecule has 12 nitrogen and oxygen atoms in total. The van der Waals surface area contributed by atoms with Crippen LogP contribution in [0.2, 0.25) is 0 Å². The third-order valence-corrected chi connectivity index (χ3v) is 9.35. The number of carbonyl (C=O) groups is 2. The molecule has 2 fully saturated rings. The van der Waals surface area contributed by atoms with Crippen LogP contribution >= 0.6 is 0 Å². The highest BCUT2D eigenvalue weighted by Gasteiger charge is 2.31. The van der Waals surface area contributed by atoms with E-state index in [4.69, 9.17) is 14.2 Å². The number of sulfonamides is 1. The summed E-state index contributed by atoms with van der Waals surface area (Å²) in [5.74, 6) is 5.24. The Kier molecular flexibility index (Phi) is 10.6. The Hall–Kier alpha value is -4.62. The number of anilines is 2. The van der Waals surface area contributed by atoms with Gasteiger partial charge in [-0.25, -0.2) is 17.9 Å². The predicted octanol–water partition coefficient (Wildman–Crippen LogP) is 4.30. The van der Waals surface area contributed by atoms with E-state index in [9.17, 15) is 31.2 Å². The SMILES string of the molecule is CCC(=O)NS(=O)(=O)c1ccc(NCC#Cc2cc3c(NC4CCN(CC5COC(=O)O5)CC4)cccc3n2CC(F)(F)F)c(OC)c1. The highest BCUT2D eigenvalue weighted by molar-refractivity contribution is 7.90. The van der Waals surface area contributed by atoms with Gasteiger partial charge in [-0.05, 0) is 49.1 Å². The lowest BCUT2D eigenvalue weighted by Gasteiger charge is -2.33. The molecule has 2 aliphatic rings. The highest BCUT2D eigenvalue weighted by atomic mass is 32.2. The van der Waals surface area contributed by atoms with Crippen LogP contribution in [-0.4, -0.2) is 88.2 Å². The minimum absolute atomic E-state index is 0.00703. The molecule has 48 heavy (non-hydrogen) atoms. The highest BCUT2D eigenvalue weighted by Crippen LogP contribution is 2.32. The zero-order valence-corrected chi connectivity index (χ0v) is 27.2. The first-order chi connectivity index (χ1) is 22.8. The Morgan fingerprint density at radius 1 is 1.12 bits per heavy atom. The maximum absolute atomic E-state index is 13.7. The number of ether oxygens (including phenoxy) is 3. The van der Waals surface area contributed by atoms with Crippen molar-refractivity contribution in [3.8, 4) is 17.6 Å². The van der Waals surface area contributed by atoms with Gasteiger partial charge in [0.15, 0.2) is 6.10 Å². The summed E-state index contributed by atoms with van der Waals surface area (Å²) < 4.78 is 84.4. The minimum Gasteiger partial charge on any atom is -0.495 e. The molecule has 16 heteroatoms. The first kappa shape index (κ1) is 34.7. The molecule has 0 saturated carbocycles. The van der Waals surface area contributed by atoms with Gasteiger partial charge in [-0.1, -0.05) is 18.9 Å². The van der Waals surface area contributed by atoms with Crippen LogP contribution in [0.3, 0.4) is 0 Å². The number of rotatable bonds is 11. The maximum Gasteiger partial charge on any atom is 0.508 e. The van der Waals surface area contributed by atoms with E-state index in [-0.39, 0.29) is 48.1 Å². The van der Waals surface area contributed by atoms with Gasteiger partial charge in [0.2, 0.25) is 5.91 Å². The number of benzene rings is 2. The van der Waals surface area contributed by atoms with Crippen molar-refractivity contribution in [1.29, 1.82) is 0 Å². The lowest BCUT2D eigenvalue weighted by Crippen LogP contribution is -2.43. The number of alkyl halides is 3. The van der Waals surface area contributed by atoms with E-state index in [1.54, 1.807) is 18.2 Å². The molecule has 1 amide bonds. The zero-order chi connectivity index (χ0) is 34.5. The van der Waals surface area contributed by atoms with Crippen molar-refractivity contribution in [3.63, 3.8) is 0 Å². The third-order valence-electron chi connectivity index (χ3n) is 7.98. The molecular formula is C32H36F3N5O7S. The number of hydrogen-bond donors (Lipinski definition) is 3.